The van der Waals surface area contributed by atoms with E-state index in [1.807, 2.05) is 37.3 Å². The summed E-state index contributed by atoms with van der Waals surface area (Å²) in [7, 11) is 5.91. The van der Waals surface area contributed by atoms with Gasteiger partial charge in [0.2, 0.25) is 5.88 Å². The molecule has 0 amide bonds. The molecular formula is C26H27N9O2. The van der Waals surface area contributed by atoms with Crippen LogP contribution < -0.4 is 19.7 Å². The van der Waals surface area contributed by atoms with Crippen LogP contribution in [0.25, 0.3) is 16.6 Å². The van der Waals surface area contributed by atoms with Crippen molar-refractivity contribution in [3.05, 3.63) is 60.9 Å². The van der Waals surface area contributed by atoms with Crippen molar-refractivity contribution in [3.63, 3.8) is 0 Å². The second-order valence-electron chi connectivity index (χ2n) is 9.29. The molecule has 4 heterocycles. The van der Waals surface area contributed by atoms with Gasteiger partial charge in [0.05, 0.1) is 23.7 Å². The number of aryl methyl sites for hydroxylation is 1. The molecule has 0 saturated carbocycles. The van der Waals surface area contributed by atoms with Crippen molar-refractivity contribution in [1.82, 2.24) is 34.4 Å². The van der Waals surface area contributed by atoms with Gasteiger partial charge in [-0.3, -0.25) is 4.40 Å². The number of nitrogens with zero attached hydrogens (tertiary/aromatic N) is 8. The van der Waals surface area contributed by atoms with Gasteiger partial charge in [-0.05, 0) is 56.9 Å². The molecule has 1 aliphatic rings. The summed E-state index contributed by atoms with van der Waals surface area (Å²) in [6.45, 7) is 3.82. The first-order valence-corrected chi connectivity index (χ1v) is 11.9. The second-order valence-corrected chi connectivity index (χ2v) is 9.29. The minimum atomic E-state index is 0.452. The summed E-state index contributed by atoms with van der Waals surface area (Å²) < 4.78 is 13.5. The topological polar surface area (TPSA) is 106 Å². The van der Waals surface area contributed by atoms with Crippen molar-refractivity contribution >= 4 is 33.7 Å². The Morgan fingerprint density at radius 1 is 1.00 bits per heavy atom. The van der Waals surface area contributed by atoms with Gasteiger partial charge >= 0.3 is 0 Å². The van der Waals surface area contributed by atoms with Crippen LogP contribution in [0, 0.1) is 6.92 Å². The Kier molecular flexibility index (Phi) is 5.68. The highest BCUT2D eigenvalue weighted by atomic mass is 16.5. The zero-order chi connectivity index (χ0) is 25.5. The molecule has 0 unspecified atom stereocenters. The van der Waals surface area contributed by atoms with Crippen molar-refractivity contribution in [3.8, 4) is 17.4 Å². The number of hydrogen-bond acceptors (Lipinski definition) is 10. The van der Waals surface area contributed by atoms with Crippen molar-refractivity contribution < 1.29 is 9.47 Å². The van der Waals surface area contributed by atoms with Gasteiger partial charge in [-0.2, -0.15) is 0 Å². The Bertz CT molecular complexity index is 1590. The minimum Gasteiger partial charge on any atom is -0.495 e. The highest BCUT2D eigenvalue weighted by Crippen LogP contribution is 2.42. The first-order valence-electron chi connectivity index (χ1n) is 11.9. The maximum atomic E-state index is 6.02. The van der Waals surface area contributed by atoms with Crippen LogP contribution in [0.5, 0.6) is 17.4 Å². The van der Waals surface area contributed by atoms with E-state index in [1.54, 1.807) is 36.6 Å². The molecule has 11 heteroatoms. The van der Waals surface area contributed by atoms with Gasteiger partial charge in [-0.25, -0.2) is 15.0 Å². The zero-order valence-electron chi connectivity index (χ0n) is 21.1. The van der Waals surface area contributed by atoms with E-state index in [2.05, 4.69) is 54.4 Å². The Balaban J connectivity index is 1.30. The van der Waals surface area contributed by atoms with E-state index in [1.165, 1.54) is 0 Å². The van der Waals surface area contributed by atoms with Crippen LogP contribution in [0.4, 0.5) is 17.2 Å². The summed E-state index contributed by atoms with van der Waals surface area (Å²) in [4.78, 5) is 18.0. The van der Waals surface area contributed by atoms with Crippen molar-refractivity contribution in [2.45, 2.75) is 13.0 Å². The van der Waals surface area contributed by atoms with Crippen LogP contribution >= 0.6 is 0 Å². The number of nitrogens with one attached hydrogen (secondary N) is 1. The summed E-state index contributed by atoms with van der Waals surface area (Å²) in [5.41, 5.74) is 4.36. The largest absolute Gasteiger partial charge is 0.495 e. The van der Waals surface area contributed by atoms with Gasteiger partial charge in [-0.15, -0.1) is 10.2 Å². The smallest absolute Gasteiger partial charge is 0.224 e. The van der Waals surface area contributed by atoms with Gasteiger partial charge in [-0.1, -0.05) is 0 Å². The summed E-state index contributed by atoms with van der Waals surface area (Å²) in [5.74, 6) is 2.68. The van der Waals surface area contributed by atoms with Gasteiger partial charge in [0.25, 0.3) is 0 Å². The van der Waals surface area contributed by atoms with Crippen molar-refractivity contribution in [2.24, 2.45) is 0 Å². The molecule has 11 nitrogen and oxygen atoms in total. The molecule has 2 aromatic carbocycles. The molecule has 0 bridgehead atoms. The zero-order valence-corrected chi connectivity index (χ0v) is 21.1. The molecule has 0 spiro atoms. The predicted octanol–water partition coefficient (Wildman–Crippen LogP) is 3.67. The monoisotopic (exact) mass is 497 g/mol. The predicted molar refractivity (Wildman–Crippen MR) is 141 cm³/mol. The maximum Gasteiger partial charge on any atom is 0.224 e. The molecule has 0 radical (unpaired) electrons. The van der Waals surface area contributed by atoms with Crippen LogP contribution in [-0.2, 0) is 0 Å². The molecule has 1 aliphatic heterocycles. The standard InChI is InChI=1S/C26H27N9O2/c1-16-9-17(5-7-20(16)37-23-10-22-32-30-15-35(22)14-29-23)31-26-24-19(27-13-28-26)6-8-21(36-4)25(24)34-11-18(12-34)33(2)3/h5-10,13-15,18H,11-12H2,1-4H3,(H,27,28,31). The number of benzene rings is 2. The summed E-state index contributed by atoms with van der Waals surface area (Å²) in [6.07, 6.45) is 4.80. The molecule has 6 rings (SSSR count). The van der Waals surface area contributed by atoms with Gasteiger partial charge in [0, 0.05) is 30.9 Å². The lowest BCUT2D eigenvalue weighted by Gasteiger charge is -2.45. The first kappa shape index (κ1) is 22.9. The highest BCUT2D eigenvalue weighted by Gasteiger charge is 2.32. The lowest BCUT2D eigenvalue weighted by atomic mass is 10.0. The maximum absolute atomic E-state index is 6.02. The highest BCUT2D eigenvalue weighted by molar-refractivity contribution is 6.03. The lowest BCUT2D eigenvalue weighted by Crippen LogP contribution is -2.57. The van der Waals surface area contributed by atoms with E-state index in [-0.39, 0.29) is 0 Å². The van der Waals surface area contributed by atoms with E-state index < -0.39 is 0 Å². The molecule has 0 aliphatic carbocycles. The third kappa shape index (κ3) is 4.23. The summed E-state index contributed by atoms with van der Waals surface area (Å²) in [6, 6.07) is 12.1. The number of rotatable bonds is 7. The number of methoxy groups -OCH3 is 1. The minimum absolute atomic E-state index is 0.452. The van der Waals surface area contributed by atoms with Crippen LogP contribution in [0.15, 0.2) is 55.4 Å². The van der Waals surface area contributed by atoms with E-state index in [4.69, 9.17) is 9.47 Å². The van der Waals surface area contributed by atoms with E-state index in [0.29, 0.717) is 23.3 Å². The molecule has 1 fully saturated rings. The number of hydrogen-bond donors (Lipinski definition) is 1. The van der Waals surface area contributed by atoms with Crippen LogP contribution in [-0.4, -0.2) is 74.8 Å². The SMILES string of the molecule is COc1ccc2ncnc(Nc3ccc(Oc4cc5nncn5cn4)c(C)c3)c2c1N1CC(N(C)C)C1. The third-order valence-electron chi connectivity index (χ3n) is 6.68. The number of aromatic nitrogens is 6. The van der Waals surface area contributed by atoms with Crippen molar-refractivity contribution in [2.75, 3.05) is 44.5 Å². The van der Waals surface area contributed by atoms with Gasteiger partial charge in [0.15, 0.2) is 5.65 Å². The number of anilines is 3. The van der Waals surface area contributed by atoms with Gasteiger partial charge in [0.1, 0.15) is 36.3 Å². The quantitative estimate of drug-likeness (QED) is 0.358. The van der Waals surface area contributed by atoms with E-state index in [9.17, 15) is 0 Å². The Labute approximate surface area is 213 Å². The molecule has 0 atom stereocenters. The summed E-state index contributed by atoms with van der Waals surface area (Å²) in [5, 5.41) is 12.3. The van der Waals surface area contributed by atoms with Gasteiger partial charge < -0.3 is 24.6 Å². The second kappa shape index (κ2) is 9.17. The van der Waals surface area contributed by atoms with Crippen LogP contribution in [0.3, 0.4) is 0 Å². The Morgan fingerprint density at radius 2 is 1.84 bits per heavy atom. The number of ether oxygens (including phenoxy) is 2. The number of likely N-dealkylation sites (N-methyl/N-ethyl adjacent to an activating group) is 1. The molecule has 188 valence electrons. The molecule has 1 saturated heterocycles. The molecular weight excluding hydrogens is 470 g/mol. The van der Waals surface area contributed by atoms with E-state index in [0.717, 1.165) is 52.5 Å². The Morgan fingerprint density at radius 3 is 2.62 bits per heavy atom. The van der Waals surface area contributed by atoms with Crippen molar-refractivity contribution in [1.29, 1.82) is 0 Å². The van der Waals surface area contributed by atoms with E-state index >= 15 is 0 Å². The molecule has 37 heavy (non-hydrogen) atoms. The number of fused-ring (bicyclic) bond motifs is 2. The normalized spacial score (nSPS) is 13.8. The fourth-order valence-electron chi connectivity index (χ4n) is 4.51. The molecule has 5 aromatic rings. The fourth-order valence-corrected chi connectivity index (χ4v) is 4.51. The first-order chi connectivity index (χ1) is 18.0. The third-order valence-corrected chi connectivity index (χ3v) is 6.68. The summed E-state index contributed by atoms with van der Waals surface area (Å²) >= 11 is 0. The fraction of sp³-hybridized carbons (Fsp3) is 0.269. The lowest BCUT2D eigenvalue weighted by molar-refractivity contribution is 0.246. The molecule has 3 aromatic heterocycles. The average molecular weight is 498 g/mol. The Hall–Kier alpha value is -4.51. The van der Waals surface area contributed by atoms with Crippen LogP contribution in [0.1, 0.15) is 5.56 Å². The average Bonchev–Trinajstić information content (AvgIpc) is 3.33. The van der Waals surface area contributed by atoms with Crippen LogP contribution in [0.2, 0.25) is 0 Å². The molecule has 1 N–H and O–H groups in total.